The van der Waals surface area contributed by atoms with Crippen LogP contribution in [0, 0.1) is 5.92 Å². The Bertz CT molecular complexity index is 177. The summed E-state index contributed by atoms with van der Waals surface area (Å²) >= 11 is 5.79. The molecule has 0 aromatic carbocycles. The van der Waals surface area contributed by atoms with Crippen LogP contribution in [0.3, 0.4) is 0 Å². The minimum atomic E-state index is 0.472. The maximum atomic E-state index is 5.79. The average Bonchev–Trinajstić information content (AvgIpc) is 2.34. The molecule has 1 rings (SSSR count). The van der Waals surface area contributed by atoms with Crippen molar-refractivity contribution < 1.29 is 4.74 Å². The molecule has 3 atom stereocenters. The molecule has 3 heteroatoms. The second-order valence-corrected chi connectivity index (χ2v) is 5.26. The highest BCUT2D eigenvalue weighted by atomic mass is 35.5. The van der Waals surface area contributed by atoms with Crippen LogP contribution in [0.25, 0.3) is 0 Å². The number of alkyl halides is 1. The minimum absolute atomic E-state index is 0.472. The van der Waals surface area contributed by atoms with E-state index in [1.165, 1.54) is 32.1 Å². The van der Waals surface area contributed by atoms with Crippen LogP contribution in [0.5, 0.6) is 0 Å². The van der Waals surface area contributed by atoms with E-state index in [0.29, 0.717) is 12.1 Å². The van der Waals surface area contributed by atoms with Crippen molar-refractivity contribution in [1.29, 1.82) is 0 Å². The lowest BCUT2D eigenvalue weighted by atomic mass is 9.92. The average molecular weight is 248 g/mol. The number of halogens is 1. The van der Waals surface area contributed by atoms with Gasteiger partial charge in [0.2, 0.25) is 0 Å². The van der Waals surface area contributed by atoms with Crippen molar-refractivity contribution >= 4 is 11.6 Å². The monoisotopic (exact) mass is 247 g/mol. The Morgan fingerprint density at radius 2 is 2.25 bits per heavy atom. The van der Waals surface area contributed by atoms with Gasteiger partial charge in [0.1, 0.15) is 0 Å². The molecule has 0 radical (unpaired) electrons. The third-order valence-corrected chi connectivity index (χ3v) is 3.97. The molecular formula is C13H26ClNO. The first-order chi connectivity index (χ1) is 7.80. The van der Waals surface area contributed by atoms with Crippen molar-refractivity contribution in [3.8, 4) is 0 Å². The molecule has 1 aliphatic carbocycles. The first-order valence-corrected chi connectivity index (χ1v) is 7.15. The summed E-state index contributed by atoms with van der Waals surface area (Å²) in [6.45, 7) is 3.36. The molecule has 0 spiro atoms. The molecule has 3 unspecified atom stereocenters. The van der Waals surface area contributed by atoms with E-state index >= 15 is 0 Å². The Morgan fingerprint density at radius 1 is 1.44 bits per heavy atom. The van der Waals surface area contributed by atoms with E-state index in [1.807, 2.05) is 7.11 Å². The predicted octanol–water partition coefficient (Wildman–Crippen LogP) is 3.19. The maximum absolute atomic E-state index is 5.79. The normalized spacial score (nSPS) is 27.9. The van der Waals surface area contributed by atoms with Gasteiger partial charge >= 0.3 is 0 Å². The molecule has 1 aliphatic rings. The third kappa shape index (κ3) is 5.03. The van der Waals surface area contributed by atoms with Gasteiger partial charge < -0.3 is 10.1 Å². The molecule has 0 aliphatic heterocycles. The maximum Gasteiger partial charge on any atom is 0.0586 e. The van der Waals surface area contributed by atoms with Crippen molar-refractivity contribution in [2.24, 2.45) is 5.92 Å². The minimum Gasteiger partial charge on any atom is -0.381 e. The van der Waals surface area contributed by atoms with Gasteiger partial charge in [-0.3, -0.25) is 0 Å². The van der Waals surface area contributed by atoms with Gasteiger partial charge in [-0.15, -0.1) is 11.6 Å². The quantitative estimate of drug-likeness (QED) is 0.698. The molecule has 0 aromatic heterocycles. The number of ether oxygens (including phenoxy) is 1. The van der Waals surface area contributed by atoms with Crippen molar-refractivity contribution in [3.63, 3.8) is 0 Å². The smallest absolute Gasteiger partial charge is 0.0586 e. The molecule has 0 aromatic rings. The van der Waals surface area contributed by atoms with Gasteiger partial charge in [0.05, 0.1) is 6.10 Å². The fourth-order valence-corrected chi connectivity index (χ4v) is 2.79. The predicted molar refractivity (Wildman–Crippen MR) is 70.2 cm³/mol. The Hall–Kier alpha value is 0.210. The first kappa shape index (κ1) is 14.3. The summed E-state index contributed by atoms with van der Waals surface area (Å²) in [4.78, 5) is 0. The van der Waals surface area contributed by atoms with Crippen LogP contribution < -0.4 is 5.32 Å². The van der Waals surface area contributed by atoms with Crippen LogP contribution in [0.15, 0.2) is 0 Å². The highest BCUT2D eigenvalue weighted by Crippen LogP contribution is 2.21. The van der Waals surface area contributed by atoms with Gasteiger partial charge in [0.15, 0.2) is 0 Å². The number of rotatable bonds is 7. The number of methoxy groups -OCH3 is 1. The van der Waals surface area contributed by atoms with Gasteiger partial charge in [-0.25, -0.2) is 0 Å². The second-order valence-electron chi connectivity index (χ2n) is 4.88. The van der Waals surface area contributed by atoms with Gasteiger partial charge in [-0.2, -0.15) is 0 Å². The van der Waals surface area contributed by atoms with E-state index in [-0.39, 0.29) is 0 Å². The van der Waals surface area contributed by atoms with Crippen molar-refractivity contribution in [1.82, 2.24) is 5.32 Å². The molecule has 1 fully saturated rings. The van der Waals surface area contributed by atoms with E-state index in [2.05, 4.69) is 12.2 Å². The lowest BCUT2D eigenvalue weighted by molar-refractivity contribution is 0.0582. The summed E-state index contributed by atoms with van der Waals surface area (Å²) in [5, 5.41) is 3.68. The Kier molecular flexibility index (Phi) is 7.42. The molecule has 96 valence electrons. The van der Waals surface area contributed by atoms with Crippen LogP contribution in [0.1, 0.15) is 45.4 Å². The van der Waals surface area contributed by atoms with Crippen LogP contribution in [-0.4, -0.2) is 31.7 Å². The SMILES string of the molecule is CCC(CCCl)CNC1CCCC(OC)C1. The topological polar surface area (TPSA) is 21.3 Å². The highest BCUT2D eigenvalue weighted by Gasteiger charge is 2.21. The largest absolute Gasteiger partial charge is 0.381 e. The van der Waals surface area contributed by atoms with E-state index in [4.69, 9.17) is 16.3 Å². The first-order valence-electron chi connectivity index (χ1n) is 6.62. The van der Waals surface area contributed by atoms with Crippen molar-refractivity contribution in [2.75, 3.05) is 19.5 Å². The lowest BCUT2D eigenvalue weighted by Crippen LogP contribution is -2.39. The molecule has 0 saturated heterocycles. The van der Waals surface area contributed by atoms with Gasteiger partial charge in [0.25, 0.3) is 0 Å². The van der Waals surface area contributed by atoms with Crippen LogP contribution in [0.4, 0.5) is 0 Å². The van der Waals surface area contributed by atoms with Gasteiger partial charge in [0, 0.05) is 19.0 Å². The number of hydrogen-bond acceptors (Lipinski definition) is 2. The Morgan fingerprint density at radius 3 is 2.88 bits per heavy atom. The molecular weight excluding hydrogens is 222 g/mol. The zero-order valence-corrected chi connectivity index (χ0v) is 11.4. The van der Waals surface area contributed by atoms with Crippen LogP contribution in [-0.2, 0) is 4.74 Å². The molecule has 1 N–H and O–H groups in total. The van der Waals surface area contributed by atoms with E-state index < -0.39 is 0 Å². The van der Waals surface area contributed by atoms with Gasteiger partial charge in [-0.05, 0) is 44.6 Å². The third-order valence-electron chi connectivity index (χ3n) is 3.75. The van der Waals surface area contributed by atoms with Crippen LogP contribution >= 0.6 is 11.6 Å². The highest BCUT2D eigenvalue weighted by molar-refractivity contribution is 6.17. The second kappa shape index (κ2) is 8.32. The van der Waals surface area contributed by atoms with Gasteiger partial charge in [-0.1, -0.05) is 13.3 Å². The van der Waals surface area contributed by atoms with Crippen LogP contribution in [0.2, 0.25) is 0 Å². The summed E-state index contributed by atoms with van der Waals surface area (Å²) in [5.41, 5.74) is 0. The van der Waals surface area contributed by atoms with E-state index in [9.17, 15) is 0 Å². The fourth-order valence-electron chi connectivity index (χ4n) is 2.48. The summed E-state index contributed by atoms with van der Waals surface area (Å²) in [6, 6.07) is 0.656. The molecule has 2 nitrogen and oxygen atoms in total. The number of hydrogen-bond donors (Lipinski definition) is 1. The molecule has 0 heterocycles. The summed E-state index contributed by atoms with van der Waals surface area (Å²) < 4.78 is 5.44. The van der Waals surface area contributed by atoms with Crippen molar-refractivity contribution in [3.05, 3.63) is 0 Å². The summed E-state index contributed by atoms with van der Waals surface area (Å²) in [7, 11) is 1.83. The standard InChI is InChI=1S/C13H26ClNO/c1-3-11(7-8-14)10-15-12-5-4-6-13(9-12)16-2/h11-13,15H,3-10H2,1-2H3. The molecule has 0 amide bonds. The molecule has 0 bridgehead atoms. The van der Waals surface area contributed by atoms with Crippen molar-refractivity contribution in [2.45, 2.75) is 57.6 Å². The molecule has 1 saturated carbocycles. The van der Waals surface area contributed by atoms with E-state index in [0.717, 1.165) is 24.8 Å². The number of nitrogens with one attached hydrogen (secondary N) is 1. The van der Waals surface area contributed by atoms with E-state index in [1.54, 1.807) is 0 Å². The fraction of sp³-hybridized carbons (Fsp3) is 1.00. The Balaban J connectivity index is 2.20. The summed E-state index contributed by atoms with van der Waals surface area (Å²) in [5.74, 6) is 1.52. The summed E-state index contributed by atoms with van der Waals surface area (Å²) in [6.07, 6.45) is 7.83. The molecule has 16 heavy (non-hydrogen) atoms. The Labute approximate surface area is 105 Å². The zero-order valence-electron chi connectivity index (χ0n) is 10.7. The lowest BCUT2D eigenvalue weighted by Gasteiger charge is -2.30. The zero-order chi connectivity index (χ0) is 11.8.